The molecule has 2 amide bonds. The molecule has 10 heteroatoms. The number of benzene rings is 1. The minimum atomic E-state index is -3.14. The lowest BCUT2D eigenvalue weighted by molar-refractivity contribution is 0.0830. The molecule has 0 saturated carbocycles. The molecule has 1 N–H and O–H groups in total. The van der Waals surface area contributed by atoms with Gasteiger partial charge < -0.3 is 4.90 Å². The summed E-state index contributed by atoms with van der Waals surface area (Å²) in [5, 5.41) is 2.89. The molecular weight excluding hydrogens is 372 g/mol. The molecule has 2 aromatic rings. The third kappa shape index (κ3) is 4.43. The average molecular weight is 389 g/mol. The van der Waals surface area contributed by atoms with Crippen molar-refractivity contribution in [2.75, 3.05) is 23.4 Å². The van der Waals surface area contributed by atoms with E-state index in [4.69, 9.17) is 0 Å². The number of alkyl halides is 2. The van der Waals surface area contributed by atoms with Crippen molar-refractivity contribution >= 4 is 42.6 Å². The quantitative estimate of drug-likeness (QED) is 0.872. The molecule has 0 unspecified atom stereocenters. The van der Waals surface area contributed by atoms with Crippen molar-refractivity contribution in [3.63, 3.8) is 0 Å². The van der Waals surface area contributed by atoms with Crippen LogP contribution in [0.4, 0.5) is 18.7 Å². The lowest BCUT2D eigenvalue weighted by Crippen LogP contribution is -2.48. The Balaban J connectivity index is 1.74. The molecule has 0 radical (unpaired) electrons. The molecule has 6 nitrogen and oxygen atoms in total. The number of carbonyl (C=O) groups is 1. The van der Waals surface area contributed by atoms with Crippen molar-refractivity contribution in [1.29, 1.82) is 0 Å². The summed E-state index contributed by atoms with van der Waals surface area (Å²) in [5.74, 6) is -0.183. The predicted molar refractivity (Wildman–Crippen MR) is 93.0 cm³/mol. The first kappa shape index (κ1) is 18.0. The largest absolute Gasteiger partial charge is 0.324 e. The molecule has 0 bridgehead atoms. The van der Waals surface area contributed by atoms with E-state index in [2.05, 4.69) is 10.3 Å². The van der Waals surface area contributed by atoms with Gasteiger partial charge in [0.2, 0.25) is 0 Å². The van der Waals surface area contributed by atoms with Gasteiger partial charge >= 0.3 is 6.03 Å². The van der Waals surface area contributed by atoms with Crippen molar-refractivity contribution in [1.82, 2.24) is 9.88 Å². The number of amides is 2. The van der Waals surface area contributed by atoms with E-state index in [9.17, 15) is 22.0 Å². The highest BCUT2D eigenvalue weighted by atomic mass is 32.2. The van der Waals surface area contributed by atoms with Gasteiger partial charge in [-0.2, -0.15) is 0 Å². The number of hydrogen-bond donors (Lipinski definition) is 1. The van der Waals surface area contributed by atoms with Crippen LogP contribution in [0.1, 0.15) is 12.8 Å². The van der Waals surface area contributed by atoms with Crippen LogP contribution >= 0.6 is 11.3 Å². The van der Waals surface area contributed by atoms with E-state index in [1.165, 1.54) is 11.3 Å². The molecule has 0 atom stereocenters. The lowest BCUT2D eigenvalue weighted by atomic mass is 10.1. The zero-order valence-corrected chi connectivity index (χ0v) is 14.8. The second-order valence-electron chi connectivity index (χ2n) is 5.84. The summed E-state index contributed by atoms with van der Waals surface area (Å²) < 4.78 is 49.7. The van der Waals surface area contributed by atoms with E-state index in [1.807, 2.05) is 18.2 Å². The van der Waals surface area contributed by atoms with Crippen LogP contribution in [0.25, 0.3) is 10.2 Å². The molecule has 0 aliphatic carbocycles. The van der Waals surface area contributed by atoms with Gasteiger partial charge in [0.05, 0.1) is 28.3 Å². The summed E-state index contributed by atoms with van der Waals surface area (Å²) in [6.07, 6.45) is -2.36. The number of urea groups is 1. The molecule has 1 aliphatic rings. The number of fused-ring (bicyclic) bond motifs is 1. The normalized spacial score (nSPS) is 17.7. The Labute approximate surface area is 147 Å². The van der Waals surface area contributed by atoms with E-state index in [1.54, 1.807) is 6.07 Å². The minimum Gasteiger partial charge on any atom is -0.316 e. The van der Waals surface area contributed by atoms with Crippen molar-refractivity contribution in [2.45, 2.75) is 25.3 Å². The summed E-state index contributed by atoms with van der Waals surface area (Å²) in [5.41, 5.74) is 0.715. The summed E-state index contributed by atoms with van der Waals surface area (Å²) in [6.45, 7) is -0.735. The Morgan fingerprint density at radius 3 is 2.64 bits per heavy atom. The van der Waals surface area contributed by atoms with Crippen LogP contribution in [-0.4, -0.2) is 54.9 Å². The Morgan fingerprint density at radius 2 is 2.00 bits per heavy atom. The van der Waals surface area contributed by atoms with Crippen molar-refractivity contribution in [3.8, 4) is 0 Å². The summed E-state index contributed by atoms with van der Waals surface area (Å²) >= 11 is 1.26. The first-order chi connectivity index (χ1) is 11.8. The Hall–Kier alpha value is -1.81. The second kappa shape index (κ2) is 7.20. The number of aromatic nitrogens is 1. The van der Waals surface area contributed by atoms with Gasteiger partial charge in [-0.1, -0.05) is 23.5 Å². The smallest absolute Gasteiger partial charge is 0.316 e. The number of hydrogen-bond acceptors (Lipinski definition) is 5. The van der Waals surface area contributed by atoms with Gasteiger partial charge in [0, 0.05) is 6.04 Å². The number of anilines is 1. The standard InChI is InChI=1S/C15H17F2N3O3S2/c16-13(17)9-20(10-5-7-25(22,23)8-6-10)15(21)19-14-18-11-3-1-2-4-12(11)24-14/h1-4,10,13H,5-9H2,(H,18,19,21). The van der Waals surface area contributed by atoms with Crippen LogP contribution in [0.2, 0.25) is 0 Å². The van der Waals surface area contributed by atoms with Crippen LogP contribution in [0.3, 0.4) is 0 Å². The zero-order chi connectivity index (χ0) is 18.0. The van der Waals surface area contributed by atoms with E-state index in [0.29, 0.717) is 10.6 Å². The highest BCUT2D eigenvalue weighted by molar-refractivity contribution is 7.91. The highest BCUT2D eigenvalue weighted by Crippen LogP contribution is 2.26. The number of halogens is 2. The number of rotatable bonds is 4. The molecule has 1 aromatic heterocycles. The van der Waals surface area contributed by atoms with Crippen molar-refractivity contribution in [3.05, 3.63) is 24.3 Å². The fourth-order valence-electron chi connectivity index (χ4n) is 2.82. The number of thiazole rings is 1. The zero-order valence-electron chi connectivity index (χ0n) is 13.2. The third-order valence-corrected chi connectivity index (χ3v) is 6.74. The first-order valence-corrected chi connectivity index (χ1v) is 10.4. The van der Waals surface area contributed by atoms with Crippen LogP contribution in [0.5, 0.6) is 0 Å². The minimum absolute atomic E-state index is 0.0914. The summed E-state index contributed by atoms with van der Waals surface area (Å²) in [6, 6.07) is 6.11. The van der Waals surface area contributed by atoms with E-state index < -0.39 is 34.9 Å². The maximum absolute atomic E-state index is 12.9. The van der Waals surface area contributed by atoms with Gasteiger partial charge in [0.15, 0.2) is 5.13 Å². The number of carbonyl (C=O) groups excluding carboxylic acids is 1. The van der Waals surface area contributed by atoms with Gasteiger partial charge in [-0.25, -0.2) is 27.0 Å². The fraction of sp³-hybridized carbons (Fsp3) is 0.467. The van der Waals surface area contributed by atoms with Crippen LogP contribution in [0.15, 0.2) is 24.3 Å². The monoisotopic (exact) mass is 389 g/mol. The SMILES string of the molecule is O=C(Nc1nc2ccccc2s1)N(CC(F)F)C1CCS(=O)(=O)CC1. The van der Waals surface area contributed by atoms with Crippen LogP contribution in [0, 0.1) is 0 Å². The molecule has 1 fully saturated rings. The Morgan fingerprint density at radius 1 is 1.32 bits per heavy atom. The highest BCUT2D eigenvalue weighted by Gasteiger charge is 2.32. The number of sulfone groups is 1. The van der Waals surface area contributed by atoms with Gasteiger partial charge in [0.1, 0.15) is 9.84 Å². The molecule has 0 spiro atoms. The Kier molecular flexibility index (Phi) is 5.19. The lowest BCUT2D eigenvalue weighted by Gasteiger charge is -2.33. The Bertz CT molecular complexity index is 823. The van der Waals surface area contributed by atoms with E-state index >= 15 is 0 Å². The van der Waals surface area contributed by atoms with Crippen LogP contribution < -0.4 is 5.32 Å². The molecule has 1 aromatic carbocycles. The predicted octanol–water partition coefficient (Wildman–Crippen LogP) is 2.97. The maximum Gasteiger partial charge on any atom is 0.324 e. The second-order valence-corrected chi connectivity index (χ2v) is 9.18. The number of nitrogens with zero attached hydrogens (tertiary/aromatic N) is 2. The number of para-hydroxylation sites is 1. The molecule has 1 saturated heterocycles. The molecule has 25 heavy (non-hydrogen) atoms. The van der Waals surface area contributed by atoms with Gasteiger partial charge in [-0.15, -0.1) is 0 Å². The third-order valence-electron chi connectivity index (χ3n) is 4.07. The number of nitrogens with one attached hydrogen (secondary N) is 1. The van der Waals surface area contributed by atoms with E-state index in [0.717, 1.165) is 9.60 Å². The first-order valence-electron chi connectivity index (χ1n) is 7.76. The van der Waals surface area contributed by atoms with Gasteiger partial charge in [0.25, 0.3) is 6.43 Å². The molecule has 136 valence electrons. The molecule has 3 rings (SSSR count). The van der Waals surface area contributed by atoms with Gasteiger partial charge in [-0.3, -0.25) is 5.32 Å². The topological polar surface area (TPSA) is 79.4 Å². The van der Waals surface area contributed by atoms with E-state index in [-0.39, 0.29) is 24.3 Å². The maximum atomic E-state index is 12.9. The van der Waals surface area contributed by atoms with Crippen molar-refractivity contribution < 1.29 is 22.0 Å². The van der Waals surface area contributed by atoms with Crippen molar-refractivity contribution in [2.24, 2.45) is 0 Å². The fourth-order valence-corrected chi connectivity index (χ4v) is 5.15. The van der Waals surface area contributed by atoms with Gasteiger partial charge in [-0.05, 0) is 25.0 Å². The average Bonchev–Trinajstić information content (AvgIpc) is 2.95. The molecular formula is C15H17F2N3O3S2. The molecule has 1 aliphatic heterocycles. The van der Waals surface area contributed by atoms with Crippen LogP contribution in [-0.2, 0) is 9.84 Å². The summed E-state index contributed by atoms with van der Waals surface area (Å²) in [7, 11) is -3.14. The molecule has 2 heterocycles. The summed E-state index contributed by atoms with van der Waals surface area (Å²) in [4.78, 5) is 17.8.